The van der Waals surface area contributed by atoms with Crippen LogP contribution in [0, 0.1) is 0 Å². The van der Waals surface area contributed by atoms with E-state index in [0.29, 0.717) is 0 Å². The van der Waals surface area contributed by atoms with Crippen LogP contribution in [0.4, 0.5) is 0 Å². The maximum absolute atomic E-state index is 3.76. The molecule has 0 atom stereocenters. The van der Waals surface area contributed by atoms with Crippen LogP contribution in [-0.2, 0) is 0 Å². The molecule has 0 aromatic heterocycles. The van der Waals surface area contributed by atoms with E-state index >= 15 is 0 Å². The fourth-order valence-electron chi connectivity index (χ4n) is 1.93. The highest BCUT2D eigenvalue weighted by molar-refractivity contribution is 9.11. The van der Waals surface area contributed by atoms with Gasteiger partial charge in [0, 0.05) is 0 Å². The smallest absolute Gasteiger partial charge is 0.0650 e. The predicted molar refractivity (Wildman–Crippen MR) is 80.5 cm³/mol. The molecule has 2 aromatic carbocycles. The van der Waals surface area contributed by atoms with Gasteiger partial charge in [-0.15, -0.1) is 0 Å². The molecule has 3 radical (unpaired) electrons. The summed E-state index contributed by atoms with van der Waals surface area (Å²) in [5.41, 5.74) is 1.25. The quantitative estimate of drug-likeness (QED) is 0.709. The third-order valence-corrected chi connectivity index (χ3v) is 4.53. The zero-order valence-electron chi connectivity index (χ0n) is 9.83. The van der Waals surface area contributed by atoms with Crippen molar-refractivity contribution in [3.63, 3.8) is 0 Å². The van der Waals surface area contributed by atoms with Crippen molar-refractivity contribution in [2.45, 2.75) is 19.8 Å². The first-order valence-corrected chi connectivity index (χ1v) is 7.11. The molecule has 0 aliphatic rings. The minimum atomic E-state index is 1.06. The molecule has 2 rings (SSSR count). The van der Waals surface area contributed by atoms with Crippen LogP contribution in [0.15, 0.2) is 46.9 Å². The molecular weight excluding hydrogens is 288 g/mol. The molecule has 0 spiro atoms. The highest BCUT2D eigenvalue weighted by Crippen LogP contribution is 2.29. The van der Waals surface area contributed by atoms with Gasteiger partial charge in [0.2, 0.25) is 0 Å². The van der Waals surface area contributed by atoms with Gasteiger partial charge in [-0.05, 0) is 32.4 Å². The Morgan fingerprint density at radius 3 is 2.59 bits per heavy atom. The first-order chi connectivity index (χ1) is 8.24. The van der Waals surface area contributed by atoms with Gasteiger partial charge in [-0.2, -0.15) is 0 Å². The van der Waals surface area contributed by atoms with Gasteiger partial charge in [-0.3, -0.25) is 0 Å². The predicted octanol–water partition coefficient (Wildman–Crippen LogP) is 4.87. The molecule has 0 aliphatic carbocycles. The number of allylic oxidation sites excluding steroid dienone is 1. The Balaban J connectivity index is 2.59. The van der Waals surface area contributed by atoms with Gasteiger partial charge in [0.1, 0.15) is 0 Å². The average Bonchev–Trinajstić information content (AvgIpc) is 2.37. The monoisotopic (exact) mass is 301 g/mol. The number of fused-ring (bicyclic) bond motifs is 1. The largest absolute Gasteiger partial charge is 0.0731 e. The van der Waals surface area contributed by atoms with E-state index < -0.39 is 0 Å². The van der Waals surface area contributed by atoms with Crippen molar-refractivity contribution >= 4 is 42.1 Å². The molecule has 0 nitrogen and oxygen atoms in total. The Kier molecular flexibility index (Phi) is 4.19. The van der Waals surface area contributed by atoms with E-state index in [0.717, 1.165) is 18.0 Å². The molecule has 0 N–H and O–H groups in total. The van der Waals surface area contributed by atoms with Crippen molar-refractivity contribution in [2.24, 2.45) is 0 Å². The van der Waals surface area contributed by atoms with Crippen molar-refractivity contribution in [1.29, 1.82) is 0 Å². The second-order valence-electron chi connectivity index (χ2n) is 4.06. The summed E-state index contributed by atoms with van der Waals surface area (Å²) in [7, 11) is 3.76. The van der Waals surface area contributed by atoms with Crippen molar-refractivity contribution in [1.82, 2.24) is 0 Å². The highest BCUT2D eigenvalue weighted by atomic mass is 79.9. The minimum Gasteiger partial charge on any atom is -0.0650 e. The molecule has 0 saturated carbocycles. The fourth-order valence-corrected chi connectivity index (χ4v) is 2.89. The zero-order chi connectivity index (χ0) is 12.3. The molecule has 0 aliphatic heterocycles. The van der Waals surface area contributed by atoms with Gasteiger partial charge in [0.15, 0.2) is 0 Å². The van der Waals surface area contributed by atoms with E-state index in [9.17, 15) is 0 Å². The number of benzene rings is 2. The van der Waals surface area contributed by atoms with Crippen LogP contribution in [0.3, 0.4) is 0 Å². The topological polar surface area (TPSA) is 0 Å². The van der Waals surface area contributed by atoms with E-state index in [-0.39, 0.29) is 0 Å². The Hall–Kier alpha value is -0.863. The van der Waals surface area contributed by atoms with Crippen LogP contribution < -0.4 is 0 Å². The lowest BCUT2D eigenvalue weighted by Gasteiger charge is -2.09. The molecule has 17 heavy (non-hydrogen) atoms. The molecule has 0 heterocycles. The van der Waals surface area contributed by atoms with E-state index in [1.54, 1.807) is 0 Å². The summed E-state index contributed by atoms with van der Waals surface area (Å²) in [5, 5.41) is 3.72. The lowest BCUT2D eigenvalue weighted by Crippen LogP contribution is -1.89. The van der Waals surface area contributed by atoms with Crippen molar-refractivity contribution in [3.05, 3.63) is 52.5 Å². The first-order valence-electron chi connectivity index (χ1n) is 5.82. The second kappa shape index (κ2) is 5.65. The van der Waals surface area contributed by atoms with Crippen LogP contribution in [0.1, 0.15) is 25.3 Å². The third kappa shape index (κ3) is 2.69. The summed E-state index contributed by atoms with van der Waals surface area (Å²) in [4.78, 5) is 0. The van der Waals surface area contributed by atoms with Gasteiger partial charge in [0.25, 0.3) is 0 Å². The van der Waals surface area contributed by atoms with E-state index in [4.69, 9.17) is 0 Å². The van der Waals surface area contributed by atoms with Gasteiger partial charge in [-0.1, -0.05) is 71.7 Å². The van der Waals surface area contributed by atoms with Crippen LogP contribution in [0.2, 0.25) is 0 Å². The van der Waals surface area contributed by atoms with Gasteiger partial charge >= 0.3 is 0 Å². The van der Waals surface area contributed by atoms with Gasteiger partial charge in [0.05, 0.1) is 10.2 Å². The first kappa shape index (κ1) is 12.6. The lowest BCUT2D eigenvalue weighted by atomic mass is 10.0. The normalized spacial score (nSPS) is 12.6. The molecule has 0 bridgehead atoms. The molecule has 0 fully saturated rings. The molecule has 0 amide bonds. The molecule has 0 unspecified atom stereocenters. The van der Waals surface area contributed by atoms with Crippen LogP contribution >= 0.6 is 15.9 Å². The minimum absolute atomic E-state index is 1.06. The summed E-state index contributed by atoms with van der Waals surface area (Å²) >= 11 is 3.66. The Morgan fingerprint density at radius 1 is 1.12 bits per heavy atom. The van der Waals surface area contributed by atoms with Crippen molar-refractivity contribution < 1.29 is 0 Å². The molecule has 0 saturated heterocycles. The standard InChI is InChI=1S/C15H14BrSi/c1-2-6-14(16)15(17)13-10-5-8-11-7-3-4-9-12(11)13/h3-5,7-10H,2,6H2,1H3. The van der Waals surface area contributed by atoms with Crippen molar-refractivity contribution in [3.8, 4) is 0 Å². The lowest BCUT2D eigenvalue weighted by molar-refractivity contribution is 0.953. The Morgan fingerprint density at radius 2 is 1.82 bits per heavy atom. The molecule has 85 valence electrons. The van der Waals surface area contributed by atoms with E-state index in [1.165, 1.54) is 20.8 Å². The summed E-state index contributed by atoms with van der Waals surface area (Å²) in [6.07, 6.45) is 2.20. The number of rotatable bonds is 3. The van der Waals surface area contributed by atoms with Crippen molar-refractivity contribution in [2.75, 3.05) is 0 Å². The second-order valence-corrected chi connectivity index (χ2v) is 5.51. The number of hydrogen-bond acceptors (Lipinski definition) is 0. The average molecular weight is 302 g/mol. The van der Waals surface area contributed by atoms with Gasteiger partial charge in [-0.25, -0.2) is 0 Å². The number of halogens is 1. The molecule has 2 heteroatoms. The molecule has 2 aromatic rings. The highest BCUT2D eigenvalue weighted by Gasteiger charge is 2.05. The zero-order valence-corrected chi connectivity index (χ0v) is 12.4. The number of hydrogen-bond donors (Lipinski definition) is 0. The van der Waals surface area contributed by atoms with Crippen LogP contribution in [0.25, 0.3) is 16.0 Å². The maximum atomic E-state index is 3.76. The summed E-state index contributed by atoms with van der Waals surface area (Å²) in [6.45, 7) is 2.18. The van der Waals surface area contributed by atoms with E-state index in [1.807, 2.05) is 0 Å². The Bertz CT molecular complexity index is 552. The fraction of sp³-hybridized carbons (Fsp3) is 0.200. The molecular formula is C15H14BrSi. The Labute approximate surface area is 114 Å². The summed E-state index contributed by atoms with van der Waals surface area (Å²) in [5.74, 6) is 0. The van der Waals surface area contributed by atoms with Crippen LogP contribution in [0.5, 0.6) is 0 Å². The summed E-state index contributed by atoms with van der Waals surface area (Å²) in [6, 6.07) is 14.9. The van der Waals surface area contributed by atoms with Gasteiger partial charge < -0.3 is 0 Å². The SMILES string of the molecule is CCCC(Br)=C([Si])c1cccc2ccccc12. The summed E-state index contributed by atoms with van der Waals surface area (Å²) < 4.78 is 1.23. The third-order valence-electron chi connectivity index (χ3n) is 2.80. The van der Waals surface area contributed by atoms with Crippen LogP contribution in [-0.4, -0.2) is 10.2 Å². The van der Waals surface area contributed by atoms with E-state index in [2.05, 4.69) is 75.6 Å². The maximum Gasteiger partial charge on any atom is 0.0731 e.